The van der Waals surface area contributed by atoms with Gasteiger partial charge in [-0.15, -0.1) is 0 Å². The number of esters is 1. The van der Waals surface area contributed by atoms with E-state index < -0.39 is 46.4 Å². The number of nitrogens with two attached hydrogens (primary N) is 1. The van der Waals surface area contributed by atoms with E-state index in [2.05, 4.69) is 14.7 Å². The molecule has 0 amide bonds. The van der Waals surface area contributed by atoms with Crippen molar-refractivity contribution < 1.29 is 27.8 Å². The molecule has 0 saturated carbocycles. The lowest BCUT2D eigenvalue weighted by Crippen LogP contribution is -2.29. The van der Waals surface area contributed by atoms with Crippen LogP contribution >= 0.6 is 0 Å². The molecular formula is C18H15F3N4O4. The molecule has 152 valence electrons. The number of alkyl halides is 3. The first kappa shape index (κ1) is 20.3. The largest absolute Gasteiger partial charge is 0.465 e. The number of rotatable bonds is 3. The standard InChI is InChI=1S/C18H15F3N4O4/c1-8(26)9-3-5-10(6-4-9)25-15-14(23-7-11(24-15)18(19,20)21)13(22)12(16(25)27)17(28)29-2/h3-8,26H,22H2,1-2H3. The Morgan fingerprint density at radius 2 is 1.90 bits per heavy atom. The van der Waals surface area contributed by atoms with Crippen molar-refractivity contribution in [2.75, 3.05) is 12.8 Å². The summed E-state index contributed by atoms with van der Waals surface area (Å²) >= 11 is 0. The van der Waals surface area contributed by atoms with Crippen molar-refractivity contribution in [1.82, 2.24) is 14.5 Å². The molecule has 1 atom stereocenters. The molecule has 3 N–H and O–H groups in total. The van der Waals surface area contributed by atoms with Crippen molar-refractivity contribution >= 4 is 22.8 Å². The van der Waals surface area contributed by atoms with Gasteiger partial charge in [0.25, 0.3) is 5.56 Å². The van der Waals surface area contributed by atoms with Crippen LogP contribution in [-0.4, -0.2) is 32.7 Å². The molecule has 0 bridgehead atoms. The molecule has 0 fully saturated rings. The van der Waals surface area contributed by atoms with Crippen LogP contribution in [0.4, 0.5) is 18.9 Å². The zero-order valence-corrected chi connectivity index (χ0v) is 15.2. The Balaban J connectivity index is 2.44. The van der Waals surface area contributed by atoms with Gasteiger partial charge < -0.3 is 15.6 Å². The first-order valence-electron chi connectivity index (χ1n) is 8.21. The lowest BCUT2D eigenvalue weighted by atomic mass is 10.1. The maximum atomic E-state index is 13.1. The predicted molar refractivity (Wildman–Crippen MR) is 96.5 cm³/mol. The molecule has 3 aromatic rings. The van der Waals surface area contributed by atoms with Crippen LogP contribution in [0.1, 0.15) is 34.6 Å². The Morgan fingerprint density at radius 3 is 2.41 bits per heavy atom. The number of nitrogens with zero attached hydrogens (tertiary/aromatic N) is 3. The average Bonchev–Trinajstić information content (AvgIpc) is 2.67. The van der Waals surface area contributed by atoms with Gasteiger partial charge in [0.2, 0.25) is 0 Å². The van der Waals surface area contributed by atoms with E-state index in [9.17, 15) is 27.9 Å². The van der Waals surface area contributed by atoms with Crippen LogP contribution in [0.25, 0.3) is 16.9 Å². The molecule has 2 aromatic heterocycles. The van der Waals surface area contributed by atoms with Gasteiger partial charge in [0.1, 0.15) is 5.52 Å². The van der Waals surface area contributed by atoms with Crippen molar-refractivity contribution in [2.45, 2.75) is 19.2 Å². The number of pyridine rings is 1. The van der Waals surface area contributed by atoms with E-state index in [0.717, 1.165) is 11.7 Å². The topological polar surface area (TPSA) is 120 Å². The van der Waals surface area contributed by atoms with Crippen molar-refractivity contribution in [1.29, 1.82) is 0 Å². The Bertz CT molecular complexity index is 1150. The molecule has 1 unspecified atom stereocenters. The second-order valence-electron chi connectivity index (χ2n) is 6.11. The number of aliphatic hydroxyl groups excluding tert-OH is 1. The average molecular weight is 408 g/mol. The van der Waals surface area contributed by atoms with Crippen LogP contribution in [0.2, 0.25) is 0 Å². The van der Waals surface area contributed by atoms with Crippen molar-refractivity contribution in [2.24, 2.45) is 0 Å². The predicted octanol–water partition coefficient (Wildman–Crippen LogP) is 2.22. The van der Waals surface area contributed by atoms with Gasteiger partial charge in [0, 0.05) is 0 Å². The number of fused-ring (bicyclic) bond motifs is 1. The van der Waals surface area contributed by atoms with Gasteiger partial charge in [-0.25, -0.2) is 14.8 Å². The molecule has 11 heteroatoms. The number of aliphatic hydroxyl groups is 1. The number of benzene rings is 1. The van der Waals surface area contributed by atoms with Gasteiger partial charge >= 0.3 is 12.1 Å². The number of carbonyl (C=O) groups is 1. The minimum atomic E-state index is -4.81. The first-order chi connectivity index (χ1) is 13.6. The third-order valence-corrected chi connectivity index (χ3v) is 4.22. The third kappa shape index (κ3) is 3.51. The molecule has 3 rings (SSSR count). The quantitative estimate of drug-likeness (QED) is 0.638. The zero-order valence-electron chi connectivity index (χ0n) is 15.2. The van der Waals surface area contributed by atoms with E-state index >= 15 is 0 Å². The van der Waals surface area contributed by atoms with E-state index in [1.165, 1.54) is 31.2 Å². The SMILES string of the molecule is COC(=O)c1c(N)c2ncc(C(F)(F)F)nc2n(-c2ccc(C(C)O)cc2)c1=O. The highest BCUT2D eigenvalue weighted by molar-refractivity contribution is 6.02. The minimum Gasteiger partial charge on any atom is -0.465 e. The molecule has 0 aliphatic heterocycles. The number of hydrogen-bond acceptors (Lipinski definition) is 7. The smallest absolute Gasteiger partial charge is 0.434 e. The molecule has 8 nitrogen and oxygen atoms in total. The molecule has 0 aliphatic rings. The lowest BCUT2D eigenvalue weighted by Gasteiger charge is -2.15. The highest BCUT2D eigenvalue weighted by Gasteiger charge is 2.34. The van der Waals surface area contributed by atoms with Crippen LogP contribution in [-0.2, 0) is 10.9 Å². The first-order valence-corrected chi connectivity index (χ1v) is 8.21. The molecule has 0 spiro atoms. The van der Waals surface area contributed by atoms with E-state index in [1.807, 2.05) is 0 Å². The summed E-state index contributed by atoms with van der Waals surface area (Å²) in [7, 11) is 1.03. The number of methoxy groups -OCH3 is 1. The molecule has 0 saturated heterocycles. The summed E-state index contributed by atoms with van der Waals surface area (Å²) < 4.78 is 44.8. The molecule has 0 radical (unpaired) electrons. The highest BCUT2D eigenvalue weighted by atomic mass is 19.4. The van der Waals surface area contributed by atoms with Crippen LogP contribution in [0.3, 0.4) is 0 Å². The van der Waals surface area contributed by atoms with Crippen LogP contribution in [0.5, 0.6) is 0 Å². The van der Waals surface area contributed by atoms with Crippen LogP contribution < -0.4 is 11.3 Å². The fraction of sp³-hybridized carbons (Fsp3) is 0.222. The Labute approximate surface area is 161 Å². The van der Waals surface area contributed by atoms with Crippen molar-refractivity contribution in [3.63, 3.8) is 0 Å². The van der Waals surface area contributed by atoms with E-state index in [-0.39, 0.29) is 11.2 Å². The number of aromatic nitrogens is 3. The molecule has 1 aromatic carbocycles. The lowest BCUT2D eigenvalue weighted by molar-refractivity contribution is -0.141. The zero-order chi connectivity index (χ0) is 21.5. The van der Waals surface area contributed by atoms with Gasteiger partial charge in [-0.1, -0.05) is 12.1 Å². The monoisotopic (exact) mass is 408 g/mol. The fourth-order valence-electron chi connectivity index (χ4n) is 2.74. The van der Waals surface area contributed by atoms with Crippen molar-refractivity contribution in [3.05, 3.63) is 57.6 Å². The molecule has 0 aliphatic carbocycles. The normalized spacial score (nSPS) is 12.8. The number of hydrogen-bond donors (Lipinski definition) is 2. The van der Waals surface area contributed by atoms with Crippen LogP contribution in [0, 0.1) is 0 Å². The molecular weight excluding hydrogens is 393 g/mol. The number of anilines is 1. The van der Waals surface area contributed by atoms with Crippen molar-refractivity contribution in [3.8, 4) is 5.69 Å². The number of halogens is 3. The number of nitrogen functional groups attached to an aromatic ring is 1. The van der Waals surface area contributed by atoms with E-state index in [1.54, 1.807) is 0 Å². The van der Waals surface area contributed by atoms with Gasteiger partial charge in [0.05, 0.1) is 30.8 Å². The van der Waals surface area contributed by atoms with E-state index in [4.69, 9.17) is 5.73 Å². The summed E-state index contributed by atoms with van der Waals surface area (Å²) in [6.45, 7) is 1.52. The number of ether oxygens (including phenoxy) is 1. The summed E-state index contributed by atoms with van der Waals surface area (Å²) in [5, 5.41) is 9.63. The maximum absolute atomic E-state index is 13.1. The molecule has 2 heterocycles. The number of carbonyl (C=O) groups excluding carboxylic acids is 1. The van der Waals surface area contributed by atoms with Gasteiger partial charge in [-0.2, -0.15) is 13.2 Å². The Morgan fingerprint density at radius 1 is 1.28 bits per heavy atom. The minimum absolute atomic E-state index is 0.100. The van der Waals surface area contributed by atoms with Gasteiger partial charge in [-0.3, -0.25) is 9.36 Å². The Hall–Kier alpha value is -3.47. The summed E-state index contributed by atoms with van der Waals surface area (Å²) in [6.07, 6.45) is -5.15. The third-order valence-electron chi connectivity index (χ3n) is 4.22. The second-order valence-corrected chi connectivity index (χ2v) is 6.11. The second kappa shape index (κ2) is 7.17. The van der Waals surface area contributed by atoms with Gasteiger partial charge in [0.15, 0.2) is 16.9 Å². The summed E-state index contributed by atoms with van der Waals surface area (Å²) in [4.78, 5) is 32.2. The summed E-state index contributed by atoms with van der Waals surface area (Å²) in [5.41, 5.74) is 2.35. The summed E-state index contributed by atoms with van der Waals surface area (Å²) in [6, 6.07) is 5.74. The molecule has 29 heavy (non-hydrogen) atoms. The fourth-order valence-corrected chi connectivity index (χ4v) is 2.74. The maximum Gasteiger partial charge on any atom is 0.434 e. The Kier molecular flexibility index (Phi) is 5.01. The van der Waals surface area contributed by atoms with Gasteiger partial charge in [-0.05, 0) is 24.6 Å². The summed E-state index contributed by atoms with van der Waals surface area (Å²) in [5.74, 6) is -1.06. The van der Waals surface area contributed by atoms with E-state index in [0.29, 0.717) is 11.8 Å². The highest BCUT2D eigenvalue weighted by Crippen LogP contribution is 2.30. The van der Waals surface area contributed by atoms with Crippen LogP contribution in [0.15, 0.2) is 35.3 Å².